The summed E-state index contributed by atoms with van der Waals surface area (Å²) in [5.41, 5.74) is 2.46. The van der Waals surface area contributed by atoms with E-state index in [9.17, 15) is 14.7 Å². The number of carbonyl (C=O) groups excluding carboxylic acids is 2. The summed E-state index contributed by atoms with van der Waals surface area (Å²) < 4.78 is 9.98. The van der Waals surface area contributed by atoms with Gasteiger partial charge in [-0.2, -0.15) is 0 Å². The van der Waals surface area contributed by atoms with Crippen molar-refractivity contribution in [1.29, 1.82) is 0 Å². The number of anilines is 2. The van der Waals surface area contributed by atoms with Crippen LogP contribution in [0.2, 0.25) is 0 Å². The third-order valence-corrected chi connectivity index (χ3v) is 4.83. The third-order valence-electron chi connectivity index (χ3n) is 4.83. The normalized spacial score (nSPS) is 13.8. The van der Waals surface area contributed by atoms with Crippen LogP contribution in [0.1, 0.15) is 24.8 Å². The highest BCUT2D eigenvalue weighted by Crippen LogP contribution is 2.26. The third kappa shape index (κ3) is 6.01. The van der Waals surface area contributed by atoms with Gasteiger partial charge >= 0.3 is 5.97 Å². The second kappa shape index (κ2) is 10.3. The van der Waals surface area contributed by atoms with Gasteiger partial charge in [-0.25, -0.2) is 4.79 Å². The van der Waals surface area contributed by atoms with Crippen LogP contribution >= 0.6 is 0 Å². The molecule has 0 aliphatic carbocycles. The Morgan fingerprint density at radius 3 is 2.53 bits per heavy atom. The number of esters is 1. The summed E-state index contributed by atoms with van der Waals surface area (Å²) >= 11 is 0. The van der Waals surface area contributed by atoms with E-state index in [0.717, 1.165) is 18.8 Å². The van der Waals surface area contributed by atoms with Crippen molar-refractivity contribution in [3.05, 3.63) is 54.1 Å². The van der Waals surface area contributed by atoms with Crippen LogP contribution in [0, 0.1) is 0 Å². The molecule has 0 saturated carbocycles. The lowest BCUT2D eigenvalue weighted by atomic mass is 10.1. The fraction of sp³-hybridized carbons (Fsp3) is 0.304. The number of carbonyl (C=O) groups is 2. The highest BCUT2D eigenvalue weighted by atomic mass is 16.5. The van der Waals surface area contributed by atoms with Crippen molar-refractivity contribution in [2.45, 2.75) is 19.3 Å². The van der Waals surface area contributed by atoms with Crippen molar-refractivity contribution in [3.8, 4) is 11.5 Å². The summed E-state index contributed by atoms with van der Waals surface area (Å²) in [5, 5.41) is 12.3. The summed E-state index contributed by atoms with van der Waals surface area (Å²) in [5.74, 6) is -0.736. The number of ether oxygens (including phenoxy) is 2. The molecule has 2 N–H and O–H groups in total. The van der Waals surface area contributed by atoms with Gasteiger partial charge in [0.1, 0.15) is 0 Å². The van der Waals surface area contributed by atoms with Crippen LogP contribution in [-0.2, 0) is 14.3 Å². The Labute approximate surface area is 175 Å². The molecule has 0 radical (unpaired) electrons. The molecule has 0 unspecified atom stereocenters. The van der Waals surface area contributed by atoms with Crippen molar-refractivity contribution in [2.24, 2.45) is 0 Å². The largest absolute Gasteiger partial charge is 0.504 e. The lowest BCUT2D eigenvalue weighted by molar-refractivity contribution is -0.142. The van der Waals surface area contributed by atoms with Gasteiger partial charge in [0.2, 0.25) is 0 Å². The molecule has 0 aromatic heterocycles. The fourth-order valence-electron chi connectivity index (χ4n) is 3.25. The van der Waals surface area contributed by atoms with E-state index in [1.807, 2.05) is 24.3 Å². The number of aromatic hydroxyl groups is 1. The molecule has 7 nitrogen and oxygen atoms in total. The molecule has 1 aliphatic heterocycles. The zero-order valence-electron chi connectivity index (χ0n) is 17.0. The molecule has 1 fully saturated rings. The topological polar surface area (TPSA) is 88.1 Å². The van der Waals surface area contributed by atoms with Crippen LogP contribution in [0.4, 0.5) is 11.4 Å². The molecular formula is C23H26N2O5. The van der Waals surface area contributed by atoms with Crippen LogP contribution in [0.15, 0.2) is 48.5 Å². The van der Waals surface area contributed by atoms with Gasteiger partial charge in [0.25, 0.3) is 5.91 Å². The van der Waals surface area contributed by atoms with Crippen LogP contribution in [0.25, 0.3) is 6.08 Å². The highest BCUT2D eigenvalue weighted by Gasteiger charge is 2.11. The summed E-state index contributed by atoms with van der Waals surface area (Å²) in [4.78, 5) is 26.2. The van der Waals surface area contributed by atoms with Gasteiger partial charge in [0.15, 0.2) is 18.1 Å². The van der Waals surface area contributed by atoms with Crippen molar-refractivity contribution in [1.82, 2.24) is 0 Å². The molecule has 158 valence electrons. The molecule has 1 saturated heterocycles. The minimum Gasteiger partial charge on any atom is -0.504 e. The molecule has 1 aliphatic rings. The first-order valence-corrected chi connectivity index (χ1v) is 9.92. The second-order valence-corrected chi connectivity index (χ2v) is 7.02. The lowest BCUT2D eigenvalue weighted by Gasteiger charge is -2.28. The number of nitrogens with one attached hydrogen (secondary N) is 1. The summed E-state index contributed by atoms with van der Waals surface area (Å²) in [6, 6.07) is 12.3. The zero-order chi connectivity index (χ0) is 21.3. The number of nitrogens with zero attached hydrogens (tertiary/aromatic N) is 1. The first-order valence-electron chi connectivity index (χ1n) is 9.92. The first kappa shape index (κ1) is 21.2. The molecule has 30 heavy (non-hydrogen) atoms. The van der Waals surface area contributed by atoms with Gasteiger partial charge in [-0.1, -0.05) is 6.07 Å². The summed E-state index contributed by atoms with van der Waals surface area (Å²) in [7, 11) is 1.44. The van der Waals surface area contributed by atoms with Crippen LogP contribution in [0.3, 0.4) is 0 Å². The molecule has 1 heterocycles. The molecule has 1 amide bonds. The van der Waals surface area contributed by atoms with Gasteiger partial charge in [-0.15, -0.1) is 0 Å². The number of phenols is 1. The van der Waals surface area contributed by atoms with E-state index < -0.39 is 11.9 Å². The fourth-order valence-corrected chi connectivity index (χ4v) is 3.25. The maximum atomic E-state index is 12.0. The van der Waals surface area contributed by atoms with Crippen molar-refractivity contribution >= 4 is 29.3 Å². The number of amides is 1. The quantitative estimate of drug-likeness (QED) is 0.536. The van der Waals surface area contributed by atoms with E-state index in [1.165, 1.54) is 44.6 Å². The number of phenolic OH excluding ortho intramolecular Hbond substituents is 1. The molecule has 2 aromatic carbocycles. The maximum Gasteiger partial charge on any atom is 0.331 e. The predicted octanol–water partition coefficient (Wildman–Crippen LogP) is 3.59. The molecule has 0 atom stereocenters. The van der Waals surface area contributed by atoms with E-state index in [-0.39, 0.29) is 12.4 Å². The molecule has 2 aromatic rings. The number of piperidine rings is 1. The Morgan fingerprint density at radius 1 is 1.10 bits per heavy atom. The number of benzene rings is 2. The minimum atomic E-state index is -0.641. The monoisotopic (exact) mass is 410 g/mol. The Kier molecular flexibility index (Phi) is 7.32. The van der Waals surface area contributed by atoms with E-state index in [2.05, 4.69) is 10.2 Å². The molecule has 7 heteroatoms. The Bertz CT molecular complexity index is 902. The van der Waals surface area contributed by atoms with Crippen molar-refractivity contribution in [2.75, 3.05) is 37.0 Å². The highest BCUT2D eigenvalue weighted by molar-refractivity contribution is 5.94. The van der Waals surface area contributed by atoms with Gasteiger partial charge in [-0.3, -0.25) is 4.79 Å². The summed E-state index contributed by atoms with van der Waals surface area (Å²) in [6.07, 6.45) is 6.42. The van der Waals surface area contributed by atoms with Gasteiger partial charge in [-0.05, 0) is 67.3 Å². The number of hydrogen-bond donors (Lipinski definition) is 2. The molecule has 3 rings (SSSR count). The zero-order valence-corrected chi connectivity index (χ0v) is 17.0. The van der Waals surface area contributed by atoms with E-state index in [0.29, 0.717) is 17.0 Å². The Balaban J connectivity index is 1.45. The van der Waals surface area contributed by atoms with Crippen molar-refractivity contribution in [3.63, 3.8) is 0 Å². The van der Waals surface area contributed by atoms with E-state index in [4.69, 9.17) is 9.47 Å². The average Bonchev–Trinajstić information content (AvgIpc) is 2.78. The average molecular weight is 410 g/mol. The van der Waals surface area contributed by atoms with E-state index >= 15 is 0 Å². The number of hydrogen-bond acceptors (Lipinski definition) is 6. The summed E-state index contributed by atoms with van der Waals surface area (Å²) in [6.45, 7) is 1.74. The molecule has 0 bridgehead atoms. The van der Waals surface area contributed by atoms with Crippen LogP contribution < -0.4 is 15.0 Å². The van der Waals surface area contributed by atoms with Gasteiger partial charge < -0.3 is 24.8 Å². The predicted molar refractivity (Wildman–Crippen MR) is 116 cm³/mol. The smallest absolute Gasteiger partial charge is 0.331 e. The number of methoxy groups -OCH3 is 1. The first-order chi connectivity index (χ1) is 14.5. The maximum absolute atomic E-state index is 12.0. The Morgan fingerprint density at radius 2 is 1.83 bits per heavy atom. The van der Waals surface area contributed by atoms with E-state index in [1.54, 1.807) is 12.1 Å². The molecule has 0 spiro atoms. The van der Waals surface area contributed by atoms with Crippen LogP contribution in [0.5, 0.6) is 11.5 Å². The molecular weight excluding hydrogens is 384 g/mol. The second-order valence-electron chi connectivity index (χ2n) is 7.02. The van der Waals surface area contributed by atoms with Crippen LogP contribution in [-0.4, -0.2) is 43.8 Å². The minimum absolute atomic E-state index is 0.0119. The Hall–Kier alpha value is -3.48. The van der Waals surface area contributed by atoms with Gasteiger partial charge in [0.05, 0.1) is 7.11 Å². The SMILES string of the molecule is COc1cc(C=CC(=O)OCC(=O)Nc2ccc(N3CCCCC3)cc2)ccc1O. The lowest BCUT2D eigenvalue weighted by Crippen LogP contribution is -2.29. The standard InChI is InChI=1S/C23H26N2O5/c1-29-21-15-17(5-11-20(21)26)6-12-23(28)30-16-22(27)24-18-7-9-19(10-8-18)25-13-3-2-4-14-25/h5-12,15,26H,2-4,13-14,16H2,1H3,(H,24,27). The number of rotatable bonds is 7. The van der Waals surface area contributed by atoms with Gasteiger partial charge in [0, 0.05) is 30.5 Å². The van der Waals surface area contributed by atoms with Crippen molar-refractivity contribution < 1.29 is 24.2 Å².